The van der Waals surface area contributed by atoms with Crippen LogP contribution in [0.5, 0.6) is 0 Å². The molecule has 15 heteroatoms. The van der Waals surface area contributed by atoms with Crippen molar-refractivity contribution in [3.8, 4) is 0 Å². The minimum Gasteiger partial charge on any atom is -0.756 e. The molecule has 2 aromatic heterocycles. The number of nitrogens with two attached hydrogens (primary N) is 1. The number of fused-ring (bicyclic) bond motifs is 1. The van der Waals surface area contributed by atoms with E-state index in [0.717, 1.165) is 6.33 Å². The van der Waals surface area contributed by atoms with Crippen LogP contribution >= 0.6 is 7.82 Å². The molecule has 0 aliphatic carbocycles. The first-order chi connectivity index (χ1) is 11.2. The fourth-order valence-corrected chi connectivity index (χ4v) is 2.73. The molecule has 1 aliphatic heterocycles. The molecule has 132 valence electrons. The number of anilines is 1. The molecular weight excluding hydrogens is 388 g/mol. The van der Waals surface area contributed by atoms with Crippen LogP contribution in [0.1, 0.15) is 6.23 Å². The van der Waals surface area contributed by atoms with Crippen molar-refractivity contribution in [1.29, 1.82) is 0 Å². The fourth-order valence-electron chi connectivity index (χ4n) is 2.39. The second-order valence-corrected chi connectivity index (χ2v) is 6.28. The molecule has 3 rings (SSSR count). The summed E-state index contributed by atoms with van der Waals surface area (Å²) < 4.78 is 21.3. The molecule has 0 bridgehead atoms. The van der Waals surface area contributed by atoms with Gasteiger partial charge in [-0.3, -0.25) is 18.9 Å². The van der Waals surface area contributed by atoms with E-state index >= 15 is 0 Å². The van der Waals surface area contributed by atoms with E-state index in [1.54, 1.807) is 0 Å². The summed E-state index contributed by atoms with van der Waals surface area (Å²) in [5.74, 6) is -0.185. The van der Waals surface area contributed by atoms with Gasteiger partial charge in [-0.25, -0.2) is 4.98 Å². The molecular formula is C10H13KN5O8P. The maximum absolute atomic E-state index is 11.7. The summed E-state index contributed by atoms with van der Waals surface area (Å²) in [6.45, 7) is -0.714. The van der Waals surface area contributed by atoms with Crippen molar-refractivity contribution in [1.82, 2.24) is 19.5 Å². The second kappa shape index (κ2) is 7.80. The number of H-pyrrole nitrogens is 1. The number of phosphoric acid groups is 1. The molecule has 13 nitrogen and oxygen atoms in total. The summed E-state index contributed by atoms with van der Waals surface area (Å²) in [4.78, 5) is 40.9. The van der Waals surface area contributed by atoms with Crippen molar-refractivity contribution in [2.45, 2.75) is 24.5 Å². The molecule has 3 heterocycles. The molecule has 0 saturated carbocycles. The standard InChI is InChI=1S/C10H14N5O8P.K/c11-10-13-7-4(8(18)14-10)12-2-15(7)9-6(17)5(16)3(23-9)1-22-24(19,20)21;/h2-3,5-6,9,16-17H,1H2,(H2,19,20,21)(H3,11,13,14,18);/q;+1/p-1/t3-,5-,6-,9-;/m1./s1. The van der Waals surface area contributed by atoms with E-state index in [4.69, 9.17) is 15.4 Å². The van der Waals surface area contributed by atoms with Crippen LogP contribution in [0, 0.1) is 0 Å². The van der Waals surface area contributed by atoms with Crippen molar-refractivity contribution >= 4 is 24.9 Å². The first-order valence-electron chi connectivity index (χ1n) is 6.59. The van der Waals surface area contributed by atoms with Gasteiger partial charge < -0.3 is 35.0 Å². The van der Waals surface area contributed by atoms with Gasteiger partial charge >= 0.3 is 51.4 Å². The normalized spacial score (nSPS) is 28.6. The van der Waals surface area contributed by atoms with Crippen LogP contribution in [0.3, 0.4) is 0 Å². The van der Waals surface area contributed by atoms with Crippen molar-refractivity contribution in [2.75, 3.05) is 12.3 Å². The molecule has 0 amide bonds. The molecule has 6 N–H and O–H groups in total. The molecule has 0 aromatic carbocycles. The van der Waals surface area contributed by atoms with Crippen LogP contribution in [-0.2, 0) is 13.8 Å². The quantitative estimate of drug-likeness (QED) is 0.240. The summed E-state index contributed by atoms with van der Waals surface area (Å²) >= 11 is 0. The van der Waals surface area contributed by atoms with Crippen LogP contribution in [0.2, 0.25) is 0 Å². The fraction of sp³-hybridized carbons (Fsp3) is 0.500. The monoisotopic (exact) mass is 401 g/mol. The van der Waals surface area contributed by atoms with Crippen LogP contribution in [-0.4, -0.2) is 59.5 Å². The maximum Gasteiger partial charge on any atom is 1.00 e. The number of rotatable bonds is 4. The van der Waals surface area contributed by atoms with E-state index in [1.807, 2.05) is 0 Å². The first kappa shape index (κ1) is 21.1. The third kappa shape index (κ3) is 4.37. The minimum absolute atomic E-state index is 0. The van der Waals surface area contributed by atoms with Crippen molar-refractivity contribution < 1.29 is 85.2 Å². The maximum atomic E-state index is 11.7. The number of aromatic amines is 1. The summed E-state index contributed by atoms with van der Waals surface area (Å²) in [5, 5.41) is 20.0. The number of nitrogens with zero attached hydrogens (tertiary/aromatic N) is 3. The smallest absolute Gasteiger partial charge is 0.756 e. The molecule has 1 aliphatic rings. The third-order valence-electron chi connectivity index (χ3n) is 3.46. The number of hydrogen-bond acceptors (Lipinski definition) is 10. The van der Waals surface area contributed by atoms with E-state index in [2.05, 4.69) is 19.5 Å². The van der Waals surface area contributed by atoms with Crippen molar-refractivity contribution in [2.24, 2.45) is 0 Å². The van der Waals surface area contributed by atoms with E-state index in [0.29, 0.717) is 0 Å². The van der Waals surface area contributed by atoms with Gasteiger partial charge in [0, 0.05) is 0 Å². The molecule has 25 heavy (non-hydrogen) atoms. The zero-order valence-corrected chi connectivity index (χ0v) is 16.9. The summed E-state index contributed by atoms with van der Waals surface area (Å²) in [7, 11) is -5.01. The number of ether oxygens (including phenoxy) is 1. The Morgan fingerprint density at radius 1 is 1.48 bits per heavy atom. The molecule has 1 unspecified atom stereocenters. The van der Waals surface area contributed by atoms with Crippen LogP contribution in [0.25, 0.3) is 11.2 Å². The number of imidazole rings is 1. The Hall–Kier alpha value is -0.224. The number of aliphatic hydroxyl groups excluding tert-OH is 2. The Labute approximate surface area is 181 Å². The van der Waals surface area contributed by atoms with Gasteiger partial charge in [0.2, 0.25) is 5.95 Å². The number of aromatic nitrogens is 4. The number of phosphoric ester groups is 1. The molecule has 0 spiro atoms. The topological polar surface area (TPSA) is 209 Å². The predicted octanol–water partition coefficient (Wildman–Crippen LogP) is -6.20. The SMILES string of the molecule is Nc1nc2c(ncn2[C@@H]2O[C@H](COP(=O)([O-])O)[C@@H](O)[C@H]2O)c(=O)[nH]1.[K+]. The van der Waals surface area contributed by atoms with E-state index in [-0.39, 0.29) is 68.5 Å². The Bertz CT molecular complexity index is 867. The van der Waals surface area contributed by atoms with Gasteiger partial charge in [0.15, 0.2) is 17.4 Å². The zero-order valence-electron chi connectivity index (χ0n) is 12.8. The average molecular weight is 401 g/mol. The summed E-state index contributed by atoms with van der Waals surface area (Å²) in [6.07, 6.45) is -4.34. The number of nitrogen functional groups attached to an aromatic ring is 1. The molecule has 0 radical (unpaired) electrons. The van der Waals surface area contributed by atoms with Gasteiger partial charge in [-0.2, -0.15) is 4.98 Å². The molecule has 1 fully saturated rings. The summed E-state index contributed by atoms with van der Waals surface area (Å²) in [5.41, 5.74) is 4.81. The summed E-state index contributed by atoms with van der Waals surface area (Å²) in [6, 6.07) is 0. The Balaban J connectivity index is 0.00000225. The molecule has 5 atom stereocenters. The van der Waals surface area contributed by atoms with Crippen LogP contribution in [0.15, 0.2) is 11.1 Å². The molecule has 2 aromatic rings. The Kier molecular flexibility index (Phi) is 6.57. The second-order valence-electron chi connectivity index (χ2n) is 5.09. The first-order valence-corrected chi connectivity index (χ1v) is 8.09. The molecule has 1 saturated heterocycles. The van der Waals surface area contributed by atoms with Gasteiger partial charge in [0.1, 0.15) is 18.3 Å². The van der Waals surface area contributed by atoms with Gasteiger partial charge in [-0.15, -0.1) is 0 Å². The van der Waals surface area contributed by atoms with Crippen molar-refractivity contribution in [3.63, 3.8) is 0 Å². The van der Waals surface area contributed by atoms with E-state index < -0.39 is 44.5 Å². The van der Waals surface area contributed by atoms with Crippen LogP contribution in [0.4, 0.5) is 5.95 Å². The largest absolute Gasteiger partial charge is 1.00 e. The number of hydrogen-bond donors (Lipinski definition) is 5. The van der Waals surface area contributed by atoms with Crippen LogP contribution < -0.4 is 67.6 Å². The Morgan fingerprint density at radius 2 is 2.16 bits per heavy atom. The van der Waals surface area contributed by atoms with E-state index in [9.17, 15) is 24.5 Å². The zero-order chi connectivity index (χ0) is 17.6. The predicted molar refractivity (Wildman–Crippen MR) is 74.3 cm³/mol. The minimum atomic E-state index is -5.01. The average Bonchev–Trinajstić information content (AvgIpc) is 3.00. The van der Waals surface area contributed by atoms with Gasteiger partial charge in [0.25, 0.3) is 13.4 Å². The van der Waals surface area contributed by atoms with E-state index in [1.165, 1.54) is 4.57 Å². The third-order valence-corrected chi connectivity index (χ3v) is 3.94. The Morgan fingerprint density at radius 3 is 2.80 bits per heavy atom. The van der Waals surface area contributed by atoms with Crippen molar-refractivity contribution in [3.05, 3.63) is 16.7 Å². The number of nitrogens with one attached hydrogen (secondary N) is 1. The van der Waals surface area contributed by atoms with Gasteiger partial charge in [-0.1, -0.05) is 0 Å². The number of aliphatic hydroxyl groups is 2. The van der Waals surface area contributed by atoms with Gasteiger partial charge in [0.05, 0.1) is 12.9 Å². The van der Waals surface area contributed by atoms with Gasteiger partial charge in [-0.05, 0) is 0 Å².